The fourth-order valence-corrected chi connectivity index (χ4v) is 2.82. The van der Waals surface area contributed by atoms with Crippen LogP contribution in [0.4, 0.5) is 0 Å². The number of aromatic nitrogens is 2. The molecular weight excluding hydrogens is 298 g/mol. The molecular formula is C20H19N3O. The minimum absolute atomic E-state index is 0.546. The average Bonchev–Trinajstić information content (AvgIpc) is 3.09. The van der Waals surface area contributed by atoms with E-state index in [4.69, 9.17) is 4.74 Å². The largest absolute Gasteiger partial charge is 0.495 e. The van der Waals surface area contributed by atoms with Crippen molar-refractivity contribution in [1.29, 1.82) is 5.26 Å². The van der Waals surface area contributed by atoms with E-state index in [0.717, 1.165) is 29.7 Å². The number of hydrogen-bond donors (Lipinski definition) is 0. The molecule has 0 spiro atoms. The summed E-state index contributed by atoms with van der Waals surface area (Å²) in [4.78, 5) is 0. The molecule has 1 aromatic heterocycles. The number of methoxy groups -OCH3 is 1. The second kappa shape index (κ2) is 7.01. The highest BCUT2D eigenvalue weighted by Crippen LogP contribution is 2.29. The summed E-state index contributed by atoms with van der Waals surface area (Å²) in [5.74, 6) is 0.637. The van der Waals surface area contributed by atoms with E-state index in [0.29, 0.717) is 11.3 Å². The molecule has 24 heavy (non-hydrogen) atoms. The molecule has 0 N–H and O–H groups in total. The number of rotatable bonds is 5. The third-order valence-corrected chi connectivity index (χ3v) is 4.04. The van der Waals surface area contributed by atoms with Crippen molar-refractivity contribution in [3.63, 3.8) is 0 Å². The molecule has 4 heteroatoms. The van der Waals surface area contributed by atoms with E-state index in [9.17, 15) is 5.26 Å². The fraction of sp³-hybridized carbons (Fsp3) is 0.200. The second-order valence-corrected chi connectivity index (χ2v) is 5.71. The normalized spacial score (nSPS) is 10.4. The van der Waals surface area contributed by atoms with Crippen molar-refractivity contribution in [2.75, 3.05) is 7.11 Å². The van der Waals surface area contributed by atoms with Crippen LogP contribution in [0.1, 0.15) is 16.7 Å². The van der Waals surface area contributed by atoms with Crippen molar-refractivity contribution in [1.82, 2.24) is 9.78 Å². The first-order valence-electron chi connectivity index (χ1n) is 7.86. The molecule has 0 aliphatic rings. The van der Waals surface area contributed by atoms with Gasteiger partial charge in [-0.25, -0.2) is 0 Å². The average molecular weight is 317 g/mol. The summed E-state index contributed by atoms with van der Waals surface area (Å²) in [5, 5.41) is 13.7. The molecule has 0 saturated heterocycles. The second-order valence-electron chi connectivity index (χ2n) is 5.71. The Morgan fingerprint density at radius 1 is 1.17 bits per heavy atom. The third kappa shape index (κ3) is 3.31. The third-order valence-electron chi connectivity index (χ3n) is 4.04. The lowest BCUT2D eigenvalue weighted by atomic mass is 10.0. The molecule has 0 aliphatic carbocycles. The lowest BCUT2D eigenvalue weighted by Crippen LogP contribution is -2.01. The fourth-order valence-electron chi connectivity index (χ4n) is 2.82. The molecule has 2 aromatic carbocycles. The topological polar surface area (TPSA) is 50.8 Å². The molecule has 4 nitrogen and oxygen atoms in total. The van der Waals surface area contributed by atoms with E-state index in [2.05, 4.69) is 23.3 Å². The zero-order chi connectivity index (χ0) is 16.9. The molecule has 120 valence electrons. The van der Waals surface area contributed by atoms with Crippen LogP contribution in [0.5, 0.6) is 5.75 Å². The zero-order valence-corrected chi connectivity index (χ0v) is 13.9. The van der Waals surface area contributed by atoms with E-state index in [1.54, 1.807) is 7.11 Å². The molecule has 3 rings (SSSR count). The minimum atomic E-state index is 0.546. The Kier molecular flexibility index (Phi) is 4.62. The smallest absolute Gasteiger partial charge is 0.139 e. The lowest BCUT2D eigenvalue weighted by molar-refractivity contribution is 0.410. The van der Waals surface area contributed by atoms with Crippen LogP contribution in [0.3, 0.4) is 0 Å². The van der Waals surface area contributed by atoms with Crippen LogP contribution in [0.25, 0.3) is 11.1 Å². The molecule has 1 heterocycles. The van der Waals surface area contributed by atoms with E-state index >= 15 is 0 Å². The van der Waals surface area contributed by atoms with Crippen LogP contribution >= 0.6 is 0 Å². The standard InChI is InChI=1S/C20H19N3O/c1-15-10-17(11-18(12-21)20(15)24-2)19-13-22-23(14-19)9-8-16-6-4-3-5-7-16/h3-7,10-11,13-14H,8-9H2,1-2H3. The van der Waals surface area contributed by atoms with E-state index in [1.807, 2.05) is 54.3 Å². The van der Waals surface area contributed by atoms with E-state index in [1.165, 1.54) is 5.56 Å². The van der Waals surface area contributed by atoms with Gasteiger partial charge in [0.1, 0.15) is 11.8 Å². The van der Waals surface area contributed by atoms with Crippen LogP contribution < -0.4 is 4.74 Å². The number of nitriles is 1. The maximum Gasteiger partial charge on any atom is 0.139 e. The number of benzene rings is 2. The van der Waals surface area contributed by atoms with Crippen LogP contribution in [0.15, 0.2) is 54.9 Å². The summed E-state index contributed by atoms with van der Waals surface area (Å²) in [7, 11) is 1.59. The van der Waals surface area contributed by atoms with Gasteiger partial charge in [0, 0.05) is 18.3 Å². The predicted molar refractivity (Wildman–Crippen MR) is 93.8 cm³/mol. The van der Waals surface area contributed by atoms with Crippen molar-refractivity contribution >= 4 is 0 Å². The Labute approximate surface area is 141 Å². The quantitative estimate of drug-likeness (QED) is 0.715. The van der Waals surface area contributed by atoms with Crippen molar-refractivity contribution in [2.45, 2.75) is 19.9 Å². The molecule has 0 bridgehead atoms. The first-order chi connectivity index (χ1) is 11.7. The molecule has 3 aromatic rings. The van der Waals surface area contributed by atoms with E-state index in [-0.39, 0.29) is 0 Å². The summed E-state index contributed by atoms with van der Waals surface area (Å²) in [6.45, 7) is 2.77. The summed E-state index contributed by atoms with van der Waals surface area (Å²) in [6, 6.07) is 16.4. The summed E-state index contributed by atoms with van der Waals surface area (Å²) < 4.78 is 7.25. The SMILES string of the molecule is COc1c(C)cc(-c2cnn(CCc3ccccc3)c2)cc1C#N. The van der Waals surface area contributed by atoms with Gasteiger partial charge >= 0.3 is 0 Å². The van der Waals surface area contributed by atoms with Gasteiger partial charge in [-0.15, -0.1) is 0 Å². The summed E-state index contributed by atoms with van der Waals surface area (Å²) in [5.41, 5.74) is 4.77. The van der Waals surface area contributed by atoms with Crippen LogP contribution in [-0.4, -0.2) is 16.9 Å². The Bertz CT molecular complexity index is 876. The van der Waals surface area contributed by atoms with E-state index < -0.39 is 0 Å². The van der Waals surface area contributed by atoms with Crippen molar-refractivity contribution in [3.05, 3.63) is 71.5 Å². The number of nitrogens with zero attached hydrogens (tertiary/aromatic N) is 3. The first kappa shape index (κ1) is 15.8. The summed E-state index contributed by atoms with van der Waals surface area (Å²) >= 11 is 0. The van der Waals surface area contributed by atoms with Crippen LogP contribution in [0.2, 0.25) is 0 Å². The van der Waals surface area contributed by atoms with Gasteiger partial charge in [-0.1, -0.05) is 30.3 Å². The highest BCUT2D eigenvalue weighted by atomic mass is 16.5. The monoisotopic (exact) mass is 317 g/mol. The molecule has 0 fully saturated rings. The van der Waals surface area contributed by atoms with Gasteiger partial charge in [0.15, 0.2) is 0 Å². The lowest BCUT2D eigenvalue weighted by Gasteiger charge is -2.08. The molecule has 0 aliphatic heterocycles. The number of aryl methyl sites for hydroxylation is 3. The Morgan fingerprint density at radius 3 is 2.67 bits per heavy atom. The first-order valence-corrected chi connectivity index (χ1v) is 7.86. The van der Waals surface area contributed by atoms with Gasteiger partial charge in [0.05, 0.1) is 18.9 Å². The Hall–Kier alpha value is -3.06. The van der Waals surface area contributed by atoms with Crippen LogP contribution in [0, 0.1) is 18.3 Å². The Balaban J connectivity index is 1.81. The van der Waals surface area contributed by atoms with Crippen molar-refractivity contribution < 1.29 is 4.74 Å². The maximum atomic E-state index is 9.31. The van der Waals surface area contributed by atoms with Crippen LogP contribution in [-0.2, 0) is 13.0 Å². The van der Waals surface area contributed by atoms with Gasteiger partial charge < -0.3 is 4.74 Å². The van der Waals surface area contributed by atoms with Gasteiger partial charge in [-0.3, -0.25) is 4.68 Å². The molecule has 0 amide bonds. The Morgan fingerprint density at radius 2 is 1.96 bits per heavy atom. The number of ether oxygens (including phenoxy) is 1. The predicted octanol–water partition coefficient (Wildman–Crippen LogP) is 3.98. The van der Waals surface area contributed by atoms with Crippen molar-refractivity contribution in [3.8, 4) is 22.9 Å². The van der Waals surface area contributed by atoms with Gasteiger partial charge in [-0.2, -0.15) is 10.4 Å². The highest BCUT2D eigenvalue weighted by Gasteiger charge is 2.11. The maximum absolute atomic E-state index is 9.31. The molecule has 0 saturated carbocycles. The molecule has 0 unspecified atom stereocenters. The summed E-state index contributed by atoms with van der Waals surface area (Å²) in [6.07, 6.45) is 4.80. The zero-order valence-electron chi connectivity index (χ0n) is 13.9. The highest BCUT2D eigenvalue weighted by molar-refractivity contribution is 5.68. The minimum Gasteiger partial charge on any atom is -0.495 e. The van der Waals surface area contributed by atoms with Gasteiger partial charge in [0.25, 0.3) is 0 Å². The van der Waals surface area contributed by atoms with Gasteiger partial charge in [0.2, 0.25) is 0 Å². The van der Waals surface area contributed by atoms with Crippen molar-refractivity contribution in [2.24, 2.45) is 0 Å². The number of hydrogen-bond acceptors (Lipinski definition) is 3. The van der Waals surface area contributed by atoms with Gasteiger partial charge in [-0.05, 0) is 42.2 Å². The molecule has 0 radical (unpaired) electrons. The molecule has 0 atom stereocenters.